The van der Waals surface area contributed by atoms with Crippen molar-refractivity contribution in [2.24, 2.45) is 0 Å². The quantitative estimate of drug-likeness (QED) is 0.744. The molecule has 1 heterocycles. The number of nitrogens with zero attached hydrogens (tertiary/aromatic N) is 3. The van der Waals surface area contributed by atoms with Crippen molar-refractivity contribution in [1.82, 2.24) is 14.9 Å². The van der Waals surface area contributed by atoms with Gasteiger partial charge in [0.1, 0.15) is 0 Å². The third-order valence-electron chi connectivity index (χ3n) is 3.66. The lowest BCUT2D eigenvalue weighted by atomic mass is 10.1. The summed E-state index contributed by atoms with van der Waals surface area (Å²) in [5, 5.41) is 1.03. The van der Waals surface area contributed by atoms with Crippen molar-refractivity contribution in [1.29, 1.82) is 0 Å². The van der Waals surface area contributed by atoms with E-state index < -0.39 is 0 Å². The Bertz CT molecular complexity index is 812. The maximum atomic E-state index is 11.3. The number of aromatic nitrogens is 2. The molecular weight excluding hydrogens is 274 g/mol. The number of para-hydroxylation sites is 1. The number of rotatable bonds is 3. The van der Waals surface area contributed by atoms with Gasteiger partial charge in [-0.05, 0) is 11.6 Å². The highest BCUT2D eigenvalue weighted by molar-refractivity contribution is 5.79. The average Bonchev–Trinajstić information content (AvgIpc) is 2.55. The molecule has 0 fully saturated rings. The molecule has 0 atom stereocenters. The first-order valence-corrected chi connectivity index (χ1v) is 7.16. The number of hydrogen-bond donors (Lipinski definition) is 0. The summed E-state index contributed by atoms with van der Waals surface area (Å²) in [5.41, 5.74) is 3.00. The fraction of sp³-hybridized carbons (Fsp3) is 0.167. The standard InChI is InChI=1S/C18H17N3O/c1-13(22)21(2)12-14-7-9-15(10-8-14)18-19-11-16-5-3-4-6-17(16)20-18/h3-11H,12H2,1-2H3. The van der Waals surface area contributed by atoms with E-state index in [0.717, 1.165) is 22.0 Å². The van der Waals surface area contributed by atoms with Crippen LogP contribution in [0.15, 0.2) is 54.7 Å². The summed E-state index contributed by atoms with van der Waals surface area (Å²) in [6, 6.07) is 15.9. The van der Waals surface area contributed by atoms with E-state index in [1.165, 1.54) is 0 Å². The molecule has 1 aromatic heterocycles. The monoisotopic (exact) mass is 291 g/mol. The van der Waals surface area contributed by atoms with Gasteiger partial charge < -0.3 is 4.90 Å². The zero-order valence-corrected chi connectivity index (χ0v) is 12.7. The number of carbonyl (C=O) groups is 1. The second-order valence-electron chi connectivity index (χ2n) is 5.32. The lowest BCUT2D eigenvalue weighted by molar-refractivity contribution is -0.128. The third-order valence-corrected chi connectivity index (χ3v) is 3.66. The van der Waals surface area contributed by atoms with Crippen molar-refractivity contribution in [2.45, 2.75) is 13.5 Å². The van der Waals surface area contributed by atoms with Gasteiger partial charge in [0, 0.05) is 37.7 Å². The summed E-state index contributed by atoms with van der Waals surface area (Å²) < 4.78 is 0. The molecule has 0 N–H and O–H groups in total. The molecule has 3 rings (SSSR count). The minimum Gasteiger partial charge on any atom is -0.342 e. The molecule has 110 valence electrons. The maximum Gasteiger partial charge on any atom is 0.219 e. The smallest absolute Gasteiger partial charge is 0.219 e. The van der Waals surface area contributed by atoms with E-state index in [9.17, 15) is 4.79 Å². The van der Waals surface area contributed by atoms with Crippen LogP contribution in [0.3, 0.4) is 0 Å². The van der Waals surface area contributed by atoms with E-state index in [4.69, 9.17) is 0 Å². The summed E-state index contributed by atoms with van der Waals surface area (Å²) in [6.45, 7) is 2.17. The molecule has 3 aromatic rings. The molecule has 0 spiro atoms. The second-order valence-corrected chi connectivity index (χ2v) is 5.32. The van der Waals surface area contributed by atoms with Gasteiger partial charge in [-0.15, -0.1) is 0 Å². The van der Waals surface area contributed by atoms with E-state index >= 15 is 0 Å². The highest BCUT2D eigenvalue weighted by Crippen LogP contribution is 2.19. The highest BCUT2D eigenvalue weighted by atomic mass is 16.2. The third kappa shape index (κ3) is 2.96. The molecule has 0 aliphatic heterocycles. The number of hydrogen-bond acceptors (Lipinski definition) is 3. The maximum absolute atomic E-state index is 11.3. The molecule has 0 aliphatic carbocycles. The molecule has 0 unspecified atom stereocenters. The molecular formula is C18H17N3O. The van der Waals surface area contributed by atoms with E-state index in [0.29, 0.717) is 12.4 Å². The molecule has 0 saturated carbocycles. The predicted molar refractivity (Wildman–Crippen MR) is 87.1 cm³/mol. The summed E-state index contributed by atoms with van der Waals surface area (Å²) >= 11 is 0. The second kappa shape index (κ2) is 5.93. The van der Waals surface area contributed by atoms with Crippen LogP contribution in [0.1, 0.15) is 12.5 Å². The number of fused-ring (bicyclic) bond motifs is 1. The lowest BCUT2D eigenvalue weighted by Gasteiger charge is -2.14. The van der Waals surface area contributed by atoms with Crippen molar-refractivity contribution in [3.63, 3.8) is 0 Å². The van der Waals surface area contributed by atoms with Crippen LogP contribution in [0.2, 0.25) is 0 Å². The number of benzene rings is 2. The van der Waals surface area contributed by atoms with Crippen molar-refractivity contribution in [3.05, 3.63) is 60.3 Å². The predicted octanol–water partition coefficient (Wildman–Crippen LogP) is 3.28. The Labute approximate surface area is 129 Å². The Morgan fingerprint density at radius 1 is 1.09 bits per heavy atom. The van der Waals surface area contributed by atoms with Crippen LogP contribution in [-0.4, -0.2) is 27.8 Å². The van der Waals surface area contributed by atoms with Gasteiger partial charge in [0.15, 0.2) is 5.82 Å². The number of carbonyl (C=O) groups excluding carboxylic acids is 1. The van der Waals surface area contributed by atoms with Gasteiger partial charge in [0.2, 0.25) is 5.91 Å². The molecule has 1 amide bonds. The van der Waals surface area contributed by atoms with Crippen LogP contribution >= 0.6 is 0 Å². The normalized spacial score (nSPS) is 10.6. The van der Waals surface area contributed by atoms with Gasteiger partial charge in [0.25, 0.3) is 0 Å². The van der Waals surface area contributed by atoms with Crippen LogP contribution in [0.4, 0.5) is 0 Å². The van der Waals surface area contributed by atoms with Gasteiger partial charge in [0.05, 0.1) is 5.52 Å². The van der Waals surface area contributed by atoms with Crippen LogP contribution in [0, 0.1) is 0 Å². The SMILES string of the molecule is CC(=O)N(C)Cc1ccc(-c2ncc3ccccc3n2)cc1. The molecule has 0 bridgehead atoms. The first kappa shape index (κ1) is 14.2. The van der Waals surface area contributed by atoms with Gasteiger partial charge in [-0.2, -0.15) is 0 Å². The van der Waals surface area contributed by atoms with Gasteiger partial charge in [-0.25, -0.2) is 9.97 Å². The summed E-state index contributed by atoms with van der Waals surface area (Å²) in [6.07, 6.45) is 1.84. The zero-order chi connectivity index (χ0) is 15.5. The molecule has 0 aliphatic rings. The molecule has 4 nitrogen and oxygen atoms in total. The first-order chi connectivity index (χ1) is 10.6. The fourth-order valence-electron chi connectivity index (χ4n) is 2.26. The Morgan fingerprint density at radius 2 is 1.82 bits per heavy atom. The molecule has 2 aromatic carbocycles. The van der Waals surface area contributed by atoms with E-state index in [-0.39, 0.29) is 5.91 Å². The Hall–Kier alpha value is -2.75. The summed E-state index contributed by atoms with van der Waals surface area (Å²) in [4.78, 5) is 22.0. The topological polar surface area (TPSA) is 46.1 Å². The summed E-state index contributed by atoms with van der Waals surface area (Å²) in [5.74, 6) is 0.770. The van der Waals surface area contributed by atoms with Crippen LogP contribution < -0.4 is 0 Å². The molecule has 0 saturated heterocycles. The summed E-state index contributed by atoms with van der Waals surface area (Å²) in [7, 11) is 1.79. The van der Waals surface area contributed by atoms with E-state index in [1.54, 1.807) is 18.9 Å². The molecule has 22 heavy (non-hydrogen) atoms. The zero-order valence-electron chi connectivity index (χ0n) is 12.7. The van der Waals surface area contributed by atoms with Gasteiger partial charge >= 0.3 is 0 Å². The van der Waals surface area contributed by atoms with Crippen molar-refractivity contribution in [3.8, 4) is 11.4 Å². The van der Waals surface area contributed by atoms with E-state index in [2.05, 4.69) is 9.97 Å². The van der Waals surface area contributed by atoms with Crippen LogP contribution in [0.25, 0.3) is 22.3 Å². The van der Waals surface area contributed by atoms with Crippen molar-refractivity contribution in [2.75, 3.05) is 7.05 Å². The Morgan fingerprint density at radius 3 is 2.55 bits per heavy atom. The van der Waals surface area contributed by atoms with Gasteiger partial charge in [-0.1, -0.05) is 42.5 Å². The van der Waals surface area contributed by atoms with Gasteiger partial charge in [-0.3, -0.25) is 4.79 Å². The van der Waals surface area contributed by atoms with Crippen LogP contribution in [0.5, 0.6) is 0 Å². The lowest BCUT2D eigenvalue weighted by Crippen LogP contribution is -2.22. The minimum absolute atomic E-state index is 0.0574. The Kier molecular flexibility index (Phi) is 3.83. The fourth-order valence-corrected chi connectivity index (χ4v) is 2.26. The number of amides is 1. The molecule has 4 heteroatoms. The minimum atomic E-state index is 0.0574. The highest BCUT2D eigenvalue weighted by Gasteiger charge is 2.06. The van der Waals surface area contributed by atoms with Crippen molar-refractivity contribution < 1.29 is 4.79 Å². The van der Waals surface area contributed by atoms with Crippen LogP contribution in [-0.2, 0) is 11.3 Å². The van der Waals surface area contributed by atoms with Crippen molar-refractivity contribution >= 4 is 16.8 Å². The average molecular weight is 291 g/mol. The molecule has 0 radical (unpaired) electrons. The Balaban J connectivity index is 1.86. The first-order valence-electron chi connectivity index (χ1n) is 7.16. The largest absolute Gasteiger partial charge is 0.342 e. The van der Waals surface area contributed by atoms with E-state index in [1.807, 2.05) is 54.7 Å².